The molecular formula is C13H20BrNS. The Labute approximate surface area is 112 Å². The third kappa shape index (κ3) is 5.37. The maximum absolute atomic E-state index is 3.61. The number of benzene rings is 1. The van der Waals surface area contributed by atoms with E-state index in [1.54, 1.807) is 0 Å². The van der Waals surface area contributed by atoms with Gasteiger partial charge < -0.3 is 4.90 Å². The summed E-state index contributed by atoms with van der Waals surface area (Å²) in [6.07, 6.45) is 0. The Morgan fingerprint density at radius 1 is 1.25 bits per heavy atom. The van der Waals surface area contributed by atoms with Crippen LogP contribution in [0.1, 0.15) is 11.5 Å². The summed E-state index contributed by atoms with van der Waals surface area (Å²) in [6.45, 7) is 1.16. The molecule has 0 aromatic heterocycles. The van der Waals surface area contributed by atoms with E-state index in [4.69, 9.17) is 0 Å². The number of alkyl halides is 1. The number of thioether (sulfide) groups is 1. The smallest absolute Gasteiger partial charge is 0.0108 e. The number of nitrogens with zero attached hydrogens (tertiary/aromatic N) is 1. The van der Waals surface area contributed by atoms with Crippen molar-refractivity contribution in [3.8, 4) is 0 Å². The zero-order valence-corrected chi connectivity index (χ0v) is 12.4. The lowest BCUT2D eigenvalue weighted by Crippen LogP contribution is -2.15. The van der Waals surface area contributed by atoms with E-state index in [0.29, 0.717) is 5.92 Å². The molecule has 0 fully saturated rings. The molecule has 0 saturated carbocycles. The van der Waals surface area contributed by atoms with Gasteiger partial charge in [-0.2, -0.15) is 11.8 Å². The molecule has 1 atom stereocenters. The Bertz CT molecular complexity index is 277. The van der Waals surface area contributed by atoms with Gasteiger partial charge in [0, 0.05) is 29.3 Å². The van der Waals surface area contributed by atoms with Crippen LogP contribution < -0.4 is 0 Å². The molecule has 1 nitrogen and oxygen atoms in total. The van der Waals surface area contributed by atoms with Gasteiger partial charge in [0.15, 0.2) is 0 Å². The summed E-state index contributed by atoms with van der Waals surface area (Å²) < 4.78 is 0. The van der Waals surface area contributed by atoms with Crippen molar-refractivity contribution < 1.29 is 0 Å². The topological polar surface area (TPSA) is 3.24 Å². The van der Waals surface area contributed by atoms with Crippen LogP contribution in [0, 0.1) is 0 Å². The summed E-state index contributed by atoms with van der Waals surface area (Å²) in [5.41, 5.74) is 1.44. The molecule has 0 heterocycles. The molecule has 1 aromatic carbocycles. The van der Waals surface area contributed by atoms with Crippen molar-refractivity contribution in [1.82, 2.24) is 4.90 Å². The molecular weight excluding hydrogens is 282 g/mol. The number of halogens is 1. The number of hydrogen-bond donors (Lipinski definition) is 0. The molecule has 0 aliphatic heterocycles. The lowest BCUT2D eigenvalue weighted by Gasteiger charge is -2.15. The zero-order chi connectivity index (χ0) is 11.8. The van der Waals surface area contributed by atoms with E-state index in [1.807, 2.05) is 11.8 Å². The minimum atomic E-state index is 0.633. The first-order valence-corrected chi connectivity index (χ1v) is 7.85. The molecule has 0 aliphatic carbocycles. The molecule has 1 aromatic rings. The average molecular weight is 302 g/mol. The predicted octanol–water partition coefficient (Wildman–Crippen LogP) is 3.46. The van der Waals surface area contributed by atoms with Gasteiger partial charge in [-0.05, 0) is 19.7 Å². The molecule has 0 radical (unpaired) electrons. The third-order valence-electron chi connectivity index (χ3n) is 2.46. The highest BCUT2D eigenvalue weighted by molar-refractivity contribution is 9.09. The van der Waals surface area contributed by atoms with Gasteiger partial charge in [0.05, 0.1) is 0 Å². The predicted molar refractivity (Wildman–Crippen MR) is 78.9 cm³/mol. The molecule has 90 valence electrons. The largest absolute Gasteiger partial charge is 0.309 e. The molecule has 0 amide bonds. The van der Waals surface area contributed by atoms with Crippen LogP contribution in [0.15, 0.2) is 30.3 Å². The molecule has 1 unspecified atom stereocenters. The minimum absolute atomic E-state index is 0.633. The fourth-order valence-corrected chi connectivity index (χ4v) is 3.59. The van der Waals surface area contributed by atoms with Crippen molar-refractivity contribution in [2.75, 3.05) is 37.5 Å². The van der Waals surface area contributed by atoms with Crippen molar-refractivity contribution in [3.63, 3.8) is 0 Å². The fourth-order valence-electron chi connectivity index (χ4n) is 1.43. The lowest BCUT2D eigenvalue weighted by atomic mass is 10.0. The lowest BCUT2D eigenvalue weighted by molar-refractivity contribution is 0.437. The molecule has 0 spiro atoms. The van der Waals surface area contributed by atoms with E-state index in [2.05, 4.69) is 65.3 Å². The van der Waals surface area contributed by atoms with Gasteiger partial charge in [0.1, 0.15) is 0 Å². The molecule has 16 heavy (non-hydrogen) atoms. The Kier molecular flexibility index (Phi) is 7.17. The van der Waals surface area contributed by atoms with Crippen LogP contribution in [0.4, 0.5) is 0 Å². The van der Waals surface area contributed by atoms with Crippen LogP contribution in [0.3, 0.4) is 0 Å². The molecule has 0 saturated heterocycles. The monoisotopic (exact) mass is 301 g/mol. The van der Waals surface area contributed by atoms with Crippen molar-refractivity contribution in [3.05, 3.63) is 35.9 Å². The zero-order valence-electron chi connectivity index (χ0n) is 10.0. The van der Waals surface area contributed by atoms with Gasteiger partial charge in [0.25, 0.3) is 0 Å². The van der Waals surface area contributed by atoms with Gasteiger partial charge in [-0.15, -0.1) is 0 Å². The molecule has 3 heteroatoms. The van der Waals surface area contributed by atoms with Gasteiger partial charge in [-0.1, -0.05) is 46.3 Å². The summed E-state index contributed by atoms with van der Waals surface area (Å²) in [6, 6.07) is 10.8. The second-order valence-electron chi connectivity index (χ2n) is 4.14. The number of hydrogen-bond acceptors (Lipinski definition) is 2. The van der Waals surface area contributed by atoms with Gasteiger partial charge in [-0.25, -0.2) is 0 Å². The van der Waals surface area contributed by atoms with Crippen LogP contribution >= 0.6 is 27.7 Å². The highest BCUT2D eigenvalue weighted by Crippen LogP contribution is 2.22. The van der Waals surface area contributed by atoms with E-state index in [0.717, 1.165) is 11.9 Å². The second kappa shape index (κ2) is 8.15. The van der Waals surface area contributed by atoms with Crippen LogP contribution in [0.25, 0.3) is 0 Å². The van der Waals surface area contributed by atoms with Gasteiger partial charge >= 0.3 is 0 Å². The van der Waals surface area contributed by atoms with Crippen molar-refractivity contribution in [1.29, 1.82) is 0 Å². The molecule has 0 N–H and O–H groups in total. The van der Waals surface area contributed by atoms with Crippen LogP contribution in [-0.4, -0.2) is 42.4 Å². The van der Waals surface area contributed by atoms with E-state index >= 15 is 0 Å². The summed E-state index contributed by atoms with van der Waals surface area (Å²) >= 11 is 5.65. The maximum Gasteiger partial charge on any atom is 0.0108 e. The Morgan fingerprint density at radius 2 is 1.94 bits per heavy atom. The second-order valence-corrected chi connectivity index (χ2v) is 5.94. The van der Waals surface area contributed by atoms with E-state index in [1.165, 1.54) is 17.1 Å². The SMILES string of the molecule is CN(C)CCSCC(CBr)c1ccccc1. The van der Waals surface area contributed by atoms with Crippen LogP contribution in [0.5, 0.6) is 0 Å². The highest BCUT2D eigenvalue weighted by Gasteiger charge is 2.09. The van der Waals surface area contributed by atoms with Gasteiger partial charge in [0.2, 0.25) is 0 Å². The Balaban J connectivity index is 2.33. The van der Waals surface area contributed by atoms with Crippen LogP contribution in [-0.2, 0) is 0 Å². The van der Waals surface area contributed by atoms with Crippen LogP contribution in [0.2, 0.25) is 0 Å². The normalized spacial score (nSPS) is 13.0. The Morgan fingerprint density at radius 3 is 2.50 bits per heavy atom. The first-order valence-electron chi connectivity index (χ1n) is 5.57. The fraction of sp³-hybridized carbons (Fsp3) is 0.538. The minimum Gasteiger partial charge on any atom is -0.309 e. The standard InChI is InChI=1S/C13H20BrNS/c1-15(2)8-9-16-11-13(10-14)12-6-4-3-5-7-12/h3-7,13H,8-11H2,1-2H3. The van der Waals surface area contributed by atoms with Crippen molar-refractivity contribution >= 4 is 27.7 Å². The summed E-state index contributed by atoms with van der Waals surface area (Å²) in [5, 5.41) is 1.05. The summed E-state index contributed by atoms with van der Waals surface area (Å²) in [5.74, 6) is 3.04. The Hall–Kier alpha value is 0.0100. The first-order chi connectivity index (χ1) is 7.74. The van der Waals surface area contributed by atoms with E-state index in [9.17, 15) is 0 Å². The van der Waals surface area contributed by atoms with Crippen molar-refractivity contribution in [2.45, 2.75) is 5.92 Å². The van der Waals surface area contributed by atoms with E-state index in [-0.39, 0.29) is 0 Å². The van der Waals surface area contributed by atoms with Crippen molar-refractivity contribution in [2.24, 2.45) is 0 Å². The first kappa shape index (κ1) is 14.1. The third-order valence-corrected chi connectivity index (χ3v) is 4.35. The summed E-state index contributed by atoms with van der Waals surface area (Å²) in [7, 11) is 4.25. The molecule has 0 aliphatic rings. The quantitative estimate of drug-likeness (QED) is 0.560. The molecule has 1 rings (SSSR count). The van der Waals surface area contributed by atoms with E-state index < -0.39 is 0 Å². The highest BCUT2D eigenvalue weighted by atomic mass is 79.9. The average Bonchev–Trinajstić information content (AvgIpc) is 2.30. The maximum atomic E-state index is 3.61. The van der Waals surface area contributed by atoms with Gasteiger partial charge in [-0.3, -0.25) is 0 Å². The number of rotatable bonds is 7. The molecule has 0 bridgehead atoms. The summed E-state index contributed by atoms with van der Waals surface area (Å²) in [4.78, 5) is 2.23.